The number of methoxy groups -OCH3 is 1. The third kappa shape index (κ3) is 5.82. The van der Waals surface area contributed by atoms with Gasteiger partial charge in [-0.3, -0.25) is 4.79 Å². The SMILES string of the molecule is CCn1c(COc2cc(C)ccc2C(C)C)nnc1SCC(=O)Nc1ccccc1OC. The van der Waals surface area contributed by atoms with Gasteiger partial charge < -0.3 is 19.4 Å². The number of hydrogen-bond acceptors (Lipinski definition) is 6. The summed E-state index contributed by atoms with van der Waals surface area (Å²) in [6.45, 7) is 9.38. The monoisotopic (exact) mass is 454 g/mol. The van der Waals surface area contributed by atoms with E-state index in [4.69, 9.17) is 9.47 Å². The molecule has 3 aromatic rings. The van der Waals surface area contributed by atoms with Crippen LogP contribution in [-0.4, -0.2) is 33.5 Å². The highest BCUT2D eigenvalue weighted by Crippen LogP contribution is 2.28. The lowest BCUT2D eigenvalue weighted by Gasteiger charge is -2.15. The van der Waals surface area contributed by atoms with E-state index in [-0.39, 0.29) is 11.7 Å². The second-order valence-electron chi connectivity index (χ2n) is 7.66. The minimum Gasteiger partial charge on any atom is -0.495 e. The van der Waals surface area contributed by atoms with E-state index in [2.05, 4.69) is 54.5 Å². The Balaban J connectivity index is 1.64. The number of nitrogens with zero attached hydrogens (tertiary/aromatic N) is 3. The van der Waals surface area contributed by atoms with Gasteiger partial charge in [-0.15, -0.1) is 10.2 Å². The van der Waals surface area contributed by atoms with Crippen molar-refractivity contribution in [2.45, 2.75) is 51.9 Å². The van der Waals surface area contributed by atoms with E-state index in [0.717, 1.165) is 17.1 Å². The molecule has 0 fully saturated rings. The Morgan fingerprint density at radius 2 is 1.94 bits per heavy atom. The van der Waals surface area contributed by atoms with E-state index < -0.39 is 0 Å². The van der Waals surface area contributed by atoms with Crippen molar-refractivity contribution in [2.24, 2.45) is 0 Å². The Bertz CT molecular complexity index is 1070. The molecule has 170 valence electrons. The molecule has 2 aromatic carbocycles. The molecule has 32 heavy (non-hydrogen) atoms. The lowest BCUT2D eigenvalue weighted by Crippen LogP contribution is -2.15. The zero-order valence-electron chi connectivity index (χ0n) is 19.2. The first kappa shape index (κ1) is 23.7. The summed E-state index contributed by atoms with van der Waals surface area (Å²) in [5, 5.41) is 12.1. The number of carbonyl (C=O) groups is 1. The Morgan fingerprint density at radius 1 is 1.16 bits per heavy atom. The van der Waals surface area contributed by atoms with Crippen LogP contribution in [0, 0.1) is 6.92 Å². The Hall–Kier alpha value is -3.00. The summed E-state index contributed by atoms with van der Waals surface area (Å²) in [6.07, 6.45) is 0. The predicted molar refractivity (Wildman–Crippen MR) is 128 cm³/mol. The van der Waals surface area contributed by atoms with Gasteiger partial charge in [-0.05, 0) is 49.1 Å². The number of hydrogen-bond donors (Lipinski definition) is 1. The zero-order valence-corrected chi connectivity index (χ0v) is 20.0. The number of anilines is 1. The fourth-order valence-corrected chi connectivity index (χ4v) is 4.12. The van der Waals surface area contributed by atoms with Crippen molar-refractivity contribution in [3.05, 3.63) is 59.4 Å². The zero-order chi connectivity index (χ0) is 23.1. The van der Waals surface area contributed by atoms with Crippen LogP contribution >= 0.6 is 11.8 Å². The van der Waals surface area contributed by atoms with E-state index in [1.807, 2.05) is 35.8 Å². The summed E-state index contributed by atoms with van der Waals surface area (Å²) in [5.41, 5.74) is 2.96. The molecule has 0 aliphatic rings. The molecule has 0 aliphatic heterocycles. The van der Waals surface area contributed by atoms with E-state index >= 15 is 0 Å². The number of ether oxygens (including phenoxy) is 2. The number of amides is 1. The van der Waals surface area contributed by atoms with Gasteiger partial charge >= 0.3 is 0 Å². The third-order valence-corrected chi connectivity index (χ3v) is 5.94. The van der Waals surface area contributed by atoms with Gasteiger partial charge in [0.1, 0.15) is 18.1 Å². The van der Waals surface area contributed by atoms with Gasteiger partial charge in [0.15, 0.2) is 11.0 Å². The summed E-state index contributed by atoms with van der Waals surface area (Å²) in [4.78, 5) is 12.4. The number of aromatic nitrogens is 3. The third-order valence-electron chi connectivity index (χ3n) is 4.97. The molecular weight excluding hydrogens is 424 g/mol. The molecule has 3 rings (SSSR count). The highest BCUT2D eigenvalue weighted by molar-refractivity contribution is 7.99. The maximum absolute atomic E-state index is 12.4. The van der Waals surface area contributed by atoms with Gasteiger partial charge in [0.05, 0.1) is 18.6 Å². The van der Waals surface area contributed by atoms with Gasteiger partial charge in [0.25, 0.3) is 0 Å². The van der Waals surface area contributed by atoms with E-state index in [1.54, 1.807) is 7.11 Å². The second kappa shape index (κ2) is 11.0. The maximum Gasteiger partial charge on any atom is 0.234 e. The van der Waals surface area contributed by atoms with Gasteiger partial charge in [-0.25, -0.2) is 0 Å². The van der Waals surface area contributed by atoms with Crippen molar-refractivity contribution in [1.29, 1.82) is 0 Å². The minimum atomic E-state index is -0.135. The molecule has 0 unspecified atom stereocenters. The topological polar surface area (TPSA) is 78.3 Å². The summed E-state index contributed by atoms with van der Waals surface area (Å²) in [5.74, 6) is 2.67. The Morgan fingerprint density at radius 3 is 2.66 bits per heavy atom. The summed E-state index contributed by atoms with van der Waals surface area (Å²) in [7, 11) is 1.58. The normalized spacial score (nSPS) is 10.9. The van der Waals surface area contributed by atoms with E-state index in [0.29, 0.717) is 35.7 Å². The van der Waals surface area contributed by atoms with Crippen LogP contribution in [-0.2, 0) is 17.9 Å². The van der Waals surface area contributed by atoms with E-state index in [1.165, 1.54) is 17.3 Å². The molecule has 1 amide bonds. The molecule has 1 aromatic heterocycles. The summed E-state index contributed by atoms with van der Waals surface area (Å²) >= 11 is 1.35. The number of benzene rings is 2. The van der Waals surface area contributed by atoms with Gasteiger partial charge in [-0.1, -0.05) is 49.9 Å². The quantitative estimate of drug-likeness (QED) is 0.432. The molecule has 1 N–H and O–H groups in total. The first-order valence-corrected chi connectivity index (χ1v) is 11.6. The van der Waals surface area contributed by atoms with Crippen LogP contribution in [0.2, 0.25) is 0 Å². The Labute approximate surface area is 193 Å². The fourth-order valence-electron chi connectivity index (χ4n) is 3.30. The predicted octanol–water partition coefficient (Wildman–Crippen LogP) is 5.05. The first-order valence-electron chi connectivity index (χ1n) is 10.6. The molecule has 0 bridgehead atoms. The summed E-state index contributed by atoms with van der Waals surface area (Å²) < 4.78 is 13.4. The van der Waals surface area contributed by atoms with Crippen molar-refractivity contribution in [2.75, 3.05) is 18.2 Å². The molecule has 1 heterocycles. The maximum atomic E-state index is 12.4. The lowest BCUT2D eigenvalue weighted by atomic mass is 10.0. The number of aryl methyl sites for hydroxylation is 1. The molecule has 0 saturated heterocycles. The van der Waals surface area contributed by atoms with Gasteiger partial charge in [-0.2, -0.15) is 0 Å². The smallest absolute Gasteiger partial charge is 0.234 e. The molecule has 0 aliphatic carbocycles. The van der Waals surface area contributed by atoms with Gasteiger partial charge in [0.2, 0.25) is 5.91 Å². The van der Waals surface area contributed by atoms with Crippen LogP contribution in [0.4, 0.5) is 5.69 Å². The van der Waals surface area contributed by atoms with Crippen LogP contribution < -0.4 is 14.8 Å². The minimum absolute atomic E-state index is 0.135. The van der Waals surface area contributed by atoms with Crippen molar-refractivity contribution in [3.63, 3.8) is 0 Å². The van der Waals surface area contributed by atoms with E-state index in [9.17, 15) is 4.79 Å². The number of carbonyl (C=O) groups excluding carboxylic acids is 1. The summed E-state index contributed by atoms with van der Waals surface area (Å²) in [6, 6.07) is 13.6. The highest BCUT2D eigenvalue weighted by Gasteiger charge is 2.16. The number of thioether (sulfide) groups is 1. The van der Waals surface area contributed by atoms with Crippen molar-refractivity contribution >= 4 is 23.4 Å². The Kier molecular flexibility index (Phi) is 8.16. The van der Waals surface area contributed by atoms with Crippen LogP contribution in [0.1, 0.15) is 43.6 Å². The standard InChI is InChI=1S/C24H30N4O3S/c1-6-28-22(14-31-21-13-17(4)11-12-18(21)16(2)3)26-27-24(28)32-15-23(29)25-19-9-7-8-10-20(19)30-5/h7-13,16H,6,14-15H2,1-5H3,(H,25,29). The van der Waals surface area contributed by atoms with Crippen LogP contribution in [0.5, 0.6) is 11.5 Å². The number of rotatable bonds is 10. The first-order chi connectivity index (χ1) is 15.4. The largest absolute Gasteiger partial charge is 0.495 e. The highest BCUT2D eigenvalue weighted by atomic mass is 32.2. The molecule has 0 atom stereocenters. The molecule has 7 nitrogen and oxygen atoms in total. The van der Waals surface area contributed by atoms with Crippen LogP contribution in [0.25, 0.3) is 0 Å². The lowest BCUT2D eigenvalue weighted by molar-refractivity contribution is -0.113. The molecule has 0 saturated carbocycles. The number of nitrogens with one attached hydrogen (secondary N) is 1. The molecular formula is C24H30N4O3S. The average molecular weight is 455 g/mol. The van der Waals surface area contributed by atoms with Crippen LogP contribution in [0.3, 0.4) is 0 Å². The van der Waals surface area contributed by atoms with Crippen LogP contribution in [0.15, 0.2) is 47.6 Å². The molecule has 0 radical (unpaired) electrons. The van der Waals surface area contributed by atoms with Crippen molar-refractivity contribution < 1.29 is 14.3 Å². The van der Waals surface area contributed by atoms with Gasteiger partial charge in [0, 0.05) is 6.54 Å². The van der Waals surface area contributed by atoms with Crippen molar-refractivity contribution in [1.82, 2.24) is 14.8 Å². The fraction of sp³-hybridized carbons (Fsp3) is 0.375. The second-order valence-corrected chi connectivity index (χ2v) is 8.61. The van der Waals surface area contributed by atoms with Crippen molar-refractivity contribution in [3.8, 4) is 11.5 Å². The average Bonchev–Trinajstić information content (AvgIpc) is 3.18. The molecule has 8 heteroatoms. The number of para-hydroxylation sites is 2. The molecule has 0 spiro atoms.